The molecule has 2 heterocycles. The molecule has 2 aromatic rings. The Bertz CT molecular complexity index is 598. The van der Waals surface area contributed by atoms with Crippen LogP contribution in [0.15, 0.2) is 28.0 Å². The van der Waals surface area contributed by atoms with Crippen molar-refractivity contribution in [1.82, 2.24) is 20.4 Å². The molecule has 0 atom stereocenters. The zero-order valence-electron chi connectivity index (χ0n) is 13.5. The van der Waals surface area contributed by atoms with E-state index in [1.165, 1.54) is 5.56 Å². The van der Waals surface area contributed by atoms with Crippen molar-refractivity contribution in [2.45, 2.75) is 33.9 Å². The van der Waals surface area contributed by atoms with Crippen LogP contribution in [0.2, 0.25) is 0 Å². The first-order valence-electron chi connectivity index (χ1n) is 7.15. The SMILES string of the molecule is CCNC(=NCc1ccn(C)c1)NCc1c(C)noc1C.I. The van der Waals surface area contributed by atoms with Gasteiger partial charge in [0.25, 0.3) is 0 Å². The van der Waals surface area contributed by atoms with E-state index in [9.17, 15) is 0 Å². The fraction of sp³-hybridized carbons (Fsp3) is 0.467. The molecule has 0 amide bonds. The zero-order valence-corrected chi connectivity index (χ0v) is 15.8. The van der Waals surface area contributed by atoms with Crippen LogP contribution in [0.1, 0.15) is 29.5 Å². The minimum absolute atomic E-state index is 0. The Labute approximate surface area is 148 Å². The number of rotatable bonds is 5. The molecule has 0 unspecified atom stereocenters. The highest BCUT2D eigenvalue weighted by Crippen LogP contribution is 2.11. The summed E-state index contributed by atoms with van der Waals surface area (Å²) in [4.78, 5) is 4.59. The van der Waals surface area contributed by atoms with E-state index in [-0.39, 0.29) is 24.0 Å². The quantitative estimate of drug-likeness (QED) is 0.446. The topological polar surface area (TPSA) is 67.4 Å². The highest BCUT2D eigenvalue weighted by atomic mass is 127. The van der Waals surface area contributed by atoms with Crippen LogP contribution in [-0.2, 0) is 20.1 Å². The van der Waals surface area contributed by atoms with Crippen molar-refractivity contribution in [1.29, 1.82) is 0 Å². The predicted octanol–water partition coefficient (Wildman–Crippen LogP) is 2.50. The average molecular weight is 417 g/mol. The minimum atomic E-state index is 0. The van der Waals surface area contributed by atoms with Crippen molar-refractivity contribution >= 4 is 29.9 Å². The van der Waals surface area contributed by atoms with Gasteiger partial charge in [0, 0.05) is 38.1 Å². The highest BCUT2D eigenvalue weighted by molar-refractivity contribution is 14.0. The molecular formula is C15H24IN5O. The molecule has 0 aromatic carbocycles. The van der Waals surface area contributed by atoms with Crippen LogP contribution in [0.4, 0.5) is 0 Å². The number of halogens is 1. The molecule has 2 aromatic heterocycles. The van der Waals surface area contributed by atoms with Crippen LogP contribution < -0.4 is 10.6 Å². The summed E-state index contributed by atoms with van der Waals surface area (Å²) < 4.78 is 7.19. The van der Waals surface area contributed by atoms with E-state index in [0.29, 0.717) is 13.1 Å². The Morgan fingerprint density at radius 2 is 2.14 bits per heavy atom. The lowest BCUT2D eigenvalue weighted by Gasteiger charge is -2.10. The van der Waals surface area contributed by atoms with Gasteiger partial charge >= 0.3 is 0 Å². The third-order valence-electron chi connectivity index (χ3n) is 3.27. The molecule has 2 N–H and O–H groups in total. The van der Waals surface area contributed by atoms with Crippen LogP contribution in [0.3, 0.4) is 0 Å². The second-order valence-electron chi connectivity index (χ2n) is 5.04. The summed E-state index contributed by atoms with van der Waals surface area (Å²) in [6.45, 7) is 8.05. The van der Waals surface area contributed by atoms with Crippen LogP contribution in [0, 0.1) is 13.8 Å². The number of guanidine groups is 1. The molecule has 0 bridgehead atoms. The highest BCUT2D eigenvalue weighted by Gasteiger charge is 2.09. The van der Waals surface area contributed by atoms with Crippen molar-refractivity contribution < 1.29 is 4.52 Å². The number of nitrogens with one attached hydrogen (secondary N) is 2. The second kappa shape index (κ2) is 8.82. The van der Waals surface area contributed by atoms with E-state index in [1.54, 1.807) is 0 Å². The third-order valence-corrected chi connectivity index (χ3v) is 3.27. The summed E-state index contributed by atoms with van der Waals surface area (Å²) in [6, 6.07) is 2.07. The lowest BCUT2D eigenvalue weighted by Crippen LogP contribution is -2.37. The Kier molecular flexibility index (Phi) is 7.43. The minimum Gasteiger partial charge on any atom is -0.361 e. The van der Waals surface area contributed by atoms with Crippen molar-refractivity contribution in [3.63, 3.8) is 0 Å². The molecule has 0 saturated heterocycles. The fourth-order valence-electron chi connectivity index (χ4n) is 2.09. The first-order chi connectivity index (χ1) is 10.1. The van der Waals surface area contributed by atoms with Gasteiger partial charge in [-0.05, 0) is 32.4 Å². The van der Waals surface area contributed by atoms with E-state index in [2.05, 4.69) is 40.0 Å². The Morgan fingerprint density at radius 1 is 1.36 bits per heavy atom. The molecule has 0 spiro atoms. The molecule has 22 heavy (non-hydrogen) atoms. The van der Waals surface area contributed by atoms with Gasteiger partial charge in [0.15, 0.2) is 5.96 Å². The monoisotopic (exact) mass is 417 g/mol. The van der Waals surface area contributed by atoms with Crippen LogP contribution in [0.25, 0.3) is 0 Å². The number of aryl methyl sites for hydroxylation is 3. The lowest BCUT2D eigenvalue weighted by atomic mass is 10.2. The first kappa shape index (κ1) is 18.5. The van der Waals surface area contributed by atoms with E-state index >= 15 is 0 Å². The van der Waals surface area contributed by atoms with E-state index in [1.807, 2.05) is 31.7 Å². The van der Waals surface area contributed by atoms with Gasteiger partial charge < -0.3 is 19.7 Å². The molecule has 0 aliphatic rings. The van der Waals surface area contributed by atoms with Crippen molar-refractivity contribution in [3.05, 3.63) is 41.0 Å². The molecule has 0 fully saturated rings. The fourth-order valence-corrected chi connectivity index (χ4v) is 2.09. The molecule has 2 rings (SSSR count). The van der Waals surface area contributed by atoms with E-state index in [0.717, 1.165) is 29.5 Å². The largest absolute Gasteiger partial charge is 0.361 e. The first-order valence-corrected chi connectivity index (χ1v) is 7.15. The van der Waals surface area contributed by atoms with Gasteiger partial charge in [-0.2, -0.15) is 0 Å². The van der Waals surface area contributed by atoms with Gasteiger partial charge in [-0.25, -0.2) is 4.99 Å². The lowest BCUT2D eigenvalue weighted by molar-refractivity contribution is 0.392. The van der Waals surface area contributed by atoms with Gasteiger partial charge in [0.1, 0.15) is 5.76 Å². The van der Waals surface area contributed by atoms with Crippen molar-refractivity contribution in [2.75, 3.05) is 6.54 Å². The number of hydrogen-bond donors (Lipinski definition) is 2. The van der Waals surface area contributed by atoms with Crippen LogP contribution >= 0.6 is 24.0 Å². The second-order valence-corrected chi connectivity index (χ2v) is 5.04. The van der Waals surface area contributed by atoms with Gasteiger partial charge in [-0.15, -0.1) is 24.0 Å². The number of hydrogen-bond acceptors (Lipinski definition) is 3. The predicted molar refractivity (Wildman–Crippen MR) is 98.5 cm³/mol. The summed E-state index contributed by atoms with van der Waals surface area (Å²) in [5, 5.41) is 10.5. The summed E-state index contributed by atoms with van der Waals surface area (Å²) in [7, 11) is 2.01. The Morgan fingerprint density at radius 3 is 2.68 bits per heavy atom. The van der Waals surface area contributed by atoms with Gasteiger partial charge in [-0.1, -0.05) is 5.16 Å². The van der Waals surface area contributed by atoms with Crippen molar-refractivity contribution in [3.8, 4) is 0 Å². The standard InChI is InChI=1S/C15H23N5O.HI/c1-5-16-15(17-8-13-6-7-20(4)10-13)18-9-14-11(2)19-21-12(14)3;/h6-7,10H,5,8-9H2,1-4H3,(H2,16,17,18);1H. The summed E-state index contributed by atoms with van der Waals surface area (Å²) in [6.07, 6.45) is 4.09. The van der Waals surface area contributed by atoms with E-state index < -0.39 is 0 Å². The maximum Gasteiger partial charge on any atom is 0.191 e. The molecule has 0 aliphatic heterocycles. The number of aliphatic imine (C=N–C) groups is 1. The zero-order chi connectivity index (χ0) is 15.2. The van der Waals surface area contributed by atoms with Crippen molar-refractivity contribution in [2.24, 2.45) is 12.0 Å². The maximum absolute atomic E-state index is 5.17. The van der Waals surface area contributed by atoms with Gasteiger partial charge in [0.05, 0.1) is 12.2 Å². The van der Waals surface area contributed by atoms with Gasteiger partial charge in [-0.3, -0.25) is 0 Å². The molecule has 122 valence electrons. The maximum atomic E-state index is 5.17. The third kappa shape index (κ3) is 5.04. The number of nitrogens with zero attached hydrogens (tertiary/aromatic N) is 3. The molecule has 6 nitrogen and oxygen atoms in total. The smallest absolute Gasteiger partial charge is 0.191 e. The van der Waals surface area contributed by atoms with E-state index in [4.69, 9.17) is 4.52 Å². The molecule has 0 radical (unpaired) electrons. The molecule has 7 heteroatoms. The van der Waals surface area contributed by atoms with Crippen LogP contribution in [0.5, 0.6) is 0 Å². The molecular weight excluding hydrogens is 393 g/mol. The van der Waals surface area contributed by atoms with Crippen LogP contribution in [-0.4, -0.2) is 22.2 Å². The summed E-state index contributed by atoms with van der Waals surface area (Å²) in [5.41, 5.74) is 3.19. The van der Waals surface area contributed by atoms with Gasteiger partial charge in [0.2, 0.25) is 0 Å². The summed E-state index contributed by atoms with van der Waals surface area (Å²) in [5.74, 6) is 1.64. The Hall–Kier alpha value is -1.51. The number of aromatic nitrogens is 2. The molecule has 0 aliphatic carbocycles. The normalized spacial score (nSPS) is 11.2. The summed E-state index contributed by atoms with van der Waals surface area (Å²) >= 11 is 0. The average Bonchev–Trinajstić information content (AvgIpc) is 3.00. The molecule has 0 saturated carbocycles. The Balaban J connectivity index is 0.00000242.